The molecule has 1 rings (SSSR count). The number of allylic oxidation sites excluding steroid dienone is 1. The van der Waals surface area contributed by atoms with Crippen LogP contribution in [0.3, 0.4) is 0 Å². The third-order valence-corrected chi connectivity index (χ3v) is 12.2. The zero-order chi connectivity index (χ0) is 16.0. The lowest BCUT2D eigenvalue weighted by atomic mass is 10.2. The number of carbonyl (C=O) groups excluding carboxylic acids is 1. The molecule has 0 bridgehead atoms. The molecule has 1 aliphatic rings. The highest BCUT2D eigenvalue weighted by Gasteiger charge is 2.37. The molecule has 0 aromatic carbocycles. The molecule has 0 radical (unpaired) electrons. The predicted octanol–water partition coefficient (Wildman–Crippen LogP) is 5.11. The molecule has 0 saturated carbocycles. The number of thioether (sulfide) groups is 2. The topological polar surface area (TPSA) is 26.3 Å². The fourth-order valence-electron chi connectivity index (χ4n) is 1.96. The van der Waals surface area contributed by atoms with E-state index in [0.29, 0.717) is 0 Å². The fraction of sp³-hybridized carbons (Fsp3) is 0.812. The lowest BCUT2D eigenvalue weighted by Gasteiger charge is -2.37. The quantitative estimate of drug-likeness (QED) is 0.277. The van der Waals surface area contributed by atoms with Crippen LogP contribution >= 0.6 is 23.5 Å². The molecule has 0 spiro atoms. The summed E-state index contributed by atoms with van der Waals surface area (Å²) >= 11 is 3.97. The standard InChI is InChI=1S/C16H30O2S2Si/c1-15(2,3)21(4,5)18-12-7-10-16(9-6-11-17)19-13-8-14-20-16/h6,9,11H,7-8,10,12-14H2,1-5H3/b9-6+. The normalized spacial score (nSPS) is 19.9. The van der Waals surface area contributed by atoms with Gasteiger partial charge in [0.1, 0.15) is 6.29 Å². The summed E-state index contributed by atoms with van der Waals surface area (Å²) < 4.78 is 6.35. The lowest BCUT2D eigenvalue weighted by molar-refractivity contribution is -0.104. The van der Waals surface area contributed by atoms with Crippen molar-refractivity contribution in [2.75, 3.05) is 18.1 Å². The highest BCUT2D eigenvalue weighted by Crippen LogP contribution is 2.46. The van der Waals surface area contributed by atoms with Gasteiger partial charge in [0.05, 0.1) is 4.08 Å². The zero-order valence-electron chi connectivity index (χ0n) is 14.1. The molecule has 2 nitrogen and oxygen atoms in total. The Morgan fingerprint density at radius 1 is 1.24 bits per heavy atom. The Morgan fingerprint density at radius 3 is 2.38 bits per heavy atom. The van der Waals surface area contributed by atoms with Crippen LogP contribution < -0.4 is 0 Å². The Morgan fingerprint density at radius 2 is 1.86 bits per heavy atom. The number of hydrogen-bond acceptors (Lipinski definition) is 4. The molecule has 122 valence electrons. The number of aldehydes is 1. The molecular weight excluding hydrogens is 316 g/mol. The van der Waals surface area contributed by atoms with Gasteiger partial charge in [0.15, 0.2) is 8.32 Å². The first-order valence-electron chi connectivity index (χ1n) is 7.77. The SMILES string of the molecule is CC(C)(C)[Si](C)(C)OCCCC1(/C=C/C=O)SCCCS1. The van der Waals surface area contributed by atoms with Gasteiger partial charge in [-0.3, -0.25) is 4.79 Å². The first-order valence-corrected chi connectivity index (χ1v) is 12.7. The van der Waals surface area contributed by atoms with E-state index in [0.717, 1.165) is 25.7 Å². The van der Waals surface area contributed by atoms with Crippen molar-refractivity contribution in [3.8, 4) is 0 Å². The van der Waals surface area contributed by atoms with Crippen molar-refractivity contribution in [1.29, 1.82) is 0 Å². The van der Waals surface area contributed by atoms with Crippen LogP contribution in [0.4, 0.5) is 0 Å². The van der Waals surface area contributed by atoms with Crippen LogP contribution in [0, 0.1) is 0 Å². The summed E-state index contributed by atoms with van der Waals surface area (Å²) in [5, 5.41) is 0.274. The van der Waals surface area contributed by atoms with Gasteiger partial charge in [-0.05, 0) is 55.0 Å². The summed E-state index contributed by atoms with van der Waals surface area (Å²) in [6.07, 6.45) is 8.08. The van der Waals surface area contributed by atoms with E-state index in [9.17, 15) is 4.79 Å². The molecule has 1 aliphatic heterocycles. The third-order valence-electron chi connectivity index (χ3n) is 4.35. The monoisotopic (exact) mass is 346 g/mol. The molecule has 0 aromatic heterocycles. The minimum atomic E-state index is -1.63. The molecule has 1 fully saturated rings. The minimum absolute atomic E-state index is 0.0932. The van der Waals surface area contributed by atoms with Crippen molar-refractivity contribution >= 4 is 38.1 Å². The van der Waals surface area contributed by atoms with E-state index >= 15 is 0 Å². The fourth-order valence-corrected chi connectivity index (χ4v) is 6.26. The average molecular weight is 347 g/mol. The molecule has 21 heavy (non-hydrogen) atoms. The molecule has 0 unspecified atom stereocenters. The Bertz CT molecular complexity index is 356. The van der Waals surface area contributed by atoms with Crippen molar-refractivity contribution in [2.24, 2.45) is 0 Å². The van der Waals surface area contributed by atoms with E-state index in [1.54, 1.807) is 6.08 Å². The Kier molecular flexibility index (Phi) is 7.57. The number of carbonyl (C=O) groups is 1. The van der Waals surface area contributed by atoms with Gasteiger partial charge in [0, 0.05) is 6.61 Å². The Hall–Kier alpha value is 0.287. The van der Waals surface area contributed by atoms with Crippen LogP contribution in [0.15, 0.2) is 12.2 Å². The van der Waals surface area contributed by atoms with E-state index in [-0.39, 0.29) is 9.12 Å². The summed E-state index contributed by atoms with van der Waals surface area (Å²) in [7, 11) is -1.63. The second-order valence-electron chi connectivity index (χ2n) is 7.07. The summed E-state index contributed by atoms with van der Waals surface area (Å²) in [5.41, 5.74) is 0. The molecule has 1 heterocycles. The molecule has 0 N–H and O–H groups in total. The van der Waals surface area contributed by atoms with Crippen molar-refractivity contribution in [1.82, 2.24) is 0 Å². The average Bonchev–Trinajstić information content (AvgIpc) is 2.41. The van der Waals surface area contributed by atoms with Gasteiger partial charge in [-0.2, -0.15) is 0 Å². The Labute approximate surface area is 140 Å². The van der Waals surface area contributed by atoms with E-state index < -0.39 is 8.32 Å². The van der Waals surface area contributed by atoms with Crippen molar-refractivity contribution in [3.05, 3.63) is 12.2 Å². The zero-order valence-corrected chi connectivity index (χ0v) is 16.7. The molecular formula is C16H30O2S2Si. The second-order valence-corrected chi connectivity index (χ2v) is 15.0. The van der Waals surface area contributed by atoms with Gasteiger partial charge in [-0.15, -0.1) is 23.5 Å². The molecule has 0 aliphatic carbocycles. The second kappa shape index (κ2) is 8.23. The maximum Gasteiger partial charge on any atom is 0.191 e. The van der Waals surface area contributed by atoms with Crippen molar-refractivity contribution < 1.29 is 9.22 Å². The largest absolute Gasteiger partial charge is 0.417 e. The van der Waals surface area contributed by atoms with Gasteiger partial charge in [-0.1, -0.05) is 26.8 Å². The maximum atomic E-state index is 10.6. The van der Waals surface area contributed by atoms with E-state index in [4.69, 9.17) is 4.43 Å². The summed E-state index contributed by atoms with van der Waals surface area (Å²) in [6.45, 7) is 12.3. The van der Waals surface area contributed by atoms with Gasteiger partial charge >= 0.3 is 0 Å². The minimum Gasteiger partial charge on any atom is -0.417 e. The van der Waals surface area contributed by atoms with Crippen LogP contribution in [-0.4, -0.2) is 36.8 Å². The van der Waals surface area contributed by atoms with Crippen molar-refractivity contribution in [2.45, 2.75) is 62.2 Å². The van der Waals surface area contributed by atoms with Crippen LogP contribution in [0.5, 0.6) is 0 Å². The number of hydrogen-bond donors (Lipinski definition) is 0. The Balaban J connectivity index is 2.48. The summed E-state index contributed by atoms with van der Waals surface area (Å²) in [4.78, 5) is 10.6. The maximum absolute atomic E-state index is 10.6. The number of rotatable bonds is 7. The van der Waals surface area contributed by atoms with E-state index in [2.05, 4.69) is 39.9 Å². The summed E-state index contributed by atoms with van der Waals surface area (Å²) in [6, 6.07) is 0. The first-order chi connectivity index (χ1) is 9.72. The van der Waals surface area contributed by atoms with Crippen LogP contribution in [0.25, 0.3) is 0 Å². The molecule has 0 amide bonds. The van der Waals surface area contributed by atoms with Gasteiger partial charge < -0.3 is 4.43 Å². The lowest BCUT2D eigenvalue weighted by Crippen LogP contribution is -2.41. The van der Waals surface area contributed by atoms with E-state index in [1.165, 1.54) is 17.9 Å². The third kappa shape index (κ3) is 6.12. The van der Waals surface area contributed by atoms with Crippen LogP contribution in [0.2, 0.25) is 18.1 Å². The van der Waals surface area contributed by atoms with Crippen LogP contribution in [0.1, 0.15) is 40.0 Å². The van der Waals surface area contributed by atoms with E-state index in [1.807, 2.05) is 23.5 Å². The predicted molar refractivity (Wildman–Crippen MR) is 99.9 cm³/mol. The molecule has 5 heteroatoms. The molecule has 0 aromatic rings. The molecule has 0 atom stereocenters. The highest BCUT2D eigenvalue weighted by atomic mass is 32.2. The van der Waals surface area contributed by atoms with Crippen molar-refractivity contribution in [3.63, 3.8) is 0 Å². The van der Waals surface area contributed by atoms with Gasteiger partial charge in [-0.25, -0.2) is 0 Å². The smallest absolute Gasteiger partial charge is 0.191 e. The molecule has 1 saturated heterocycles. The van der Waals surface area contributed by atoms with Crippen LogP contribution in [-0.2, 0) is 9.22 Å². The highest BCUT2D eigenvalue weighted by molar-refractivity contribution is 8.19. The summed E-state index contributed by atoms with van der Waals surface area (Å²) in [5.74, 6) is 2.39. The first kappa shape index (κ1) is 19.3. The van der Waals surface area contributed by atoms with Gasteiger partial charge in [0.2, 0.25) is 0 Å². The van der Waals surface area contributed by atoms with Gasteiger partial charge in [0.25, 0.3) is 0 Å².